The number of aliphatic hydroxyl groups excluding tert-OH is 2. The van der Waals surface area contributed by atoms with Crippen LogP contribution in [0.15, 0.2) is 52.1 Å². The second kappa shape index (κ2) is 23.2. The Hall–Kier alpha value is -5.12. The monoisotopic (exact) mass is 1060 g/mol. The number of hydrogen-bond donors (Lipinski definition) is 5. The average Bonchev–Trinajstić information content (AvgIpc) is 4.00. The van der Waals surface area contributed by atoms with Crippen molar-refractivity contribution in [3.05, 3.63) is 64.1 Å². The first kappa shape index (κ1) is 54.2. The summed E-state index contributed by atoms with van der Waals surface area (Å²) in [6.45, 7) is 15.5. The van der Waals surface area contributed by atoms with Crippen molar-refractivity contribution in [1.82, 2.24) is 40.4 Å². The fourth-order valence-corrected chi connectivity index (χ4v) is 12.2. The molecule has 3 aromatic heterocycles. The quantitative estimate of drug-likeness (QED) is 0.0978. The highest BCUT2D eigenvalue weighted by molar-refractivity contribution is 7.99. The minimum absolute atomic E-state index is 0.0154. The number of rotatable bonds is 15. The molecule has 4 fully saturated rings. The summed E-state index contributed by atoms with van der Waals surface area (Å²) in [7, 11) is 0. The number of thiazole rings is 1. The summed E-state index contributed by atoms with van der Waals surface area (Å²) in [6, 6.07) is 5.94. The Kier molecular flexibility index (Phi) is 17.2. The normalized spacial score (nSPS) is 20.2. The number of halogens is 1. The molecule has 21 heteroatoms. The van der Waals surface area contributed by atoms with Gasteiger partial charge >= 0.3 is 0 Å². The topological polar surface area (TPSA) is 233 Å². The minimum Gasteiger partial charge on any atom is -0.490 e. The van der Waals surface area contributed by atoms with Crippen molar-refractivity contribution in [3.8, 4) is 16.2 Å². The van der Waals surface area contributed by atoms with Gasteiger partial charge in [-0.15, -0.1) is 11.3 Å². The lowest BCUT2D eigenvalue weighted by molar-refractivity contribution is -0.143. The lowest BCUT2D eigenvalue weighted by Gasteiger charge is -2.39. The minimum atomic E-state index is -0.921. The molecule has 0 radical (unpaired) electrons. The summed E-state index contributed by atoms with van der Waals surface area (Å²) in [6.07, 6.45) is 6.96. The van der Waals surface area contributed by atoms with Gasteiger partial charge in [0, 0.05) is 101 Å². The third kappa shape index (κ3) is 12.7. The van der Waals surface area contributed by atoms with Gasteiger partial charge in [0.25, 0.3) is 0 Å². The van der Waals surface area contributed by atoms with E-state index < -0.39 is 35.4 Å². The smallest absolute Gasteiger partial charge is 0.246 e. The number of piperidine rings is 3. The van der Waals surface area contributed by atoms with Crippen LogP contribution in [0.5, 0.6) is 5.75 Å². The van der Waals surface area contributed by atoms with E-state index in [1.807, 2.05) is 56.9 Å². The fourth-order valence-electron chi connectivity index (χ4n) is 10.2. The number of benzene rings is 1. The van der Waals surface area contributed by atoms with E-state index in [-0.39, 0.29) is 55.4 Å². The van der Waals surface area contributed by atoms with E-state index in [9.17, 15) is 29.4 Å². The number of carbonyl (C=O) groups excluding carboxylic acids is 4. The van der Waals surface area contributed by atoms with Gasteiger partial charge in [0.1, 0.15) is 40.5 Å². The number of ether oxygens (including phenoxy) is 1. The highest BCUT2D eigenvalue weighted by Crippen LogP contribution is 2.40. The maximum atomic E-state index is 14.0. The number of carbonyl (C=O) groups is 4. The Morgan fingerprint density at radius 3 is 2.36 bits per heavy atom. The zero-order valence-electron chi connectivity index (χ0n) is 42.7. The molecular formula is C52H70ClN11O7S2. The van der Waals surface area contributed by atoms with Crippen molar-refractivity contribution >= 4 is 70.0 Å². The maximum Gasteiger partial charge on any atom is 0.246 e. The summed E-state index contributed by atoms with van der Waals surface area (Å²) >= 11 is 9.95. The molecule has 0 bridgehead atoms. The van der Waals surface area contributed by atoms with Crippen LogP contribution in [0.2, 0.25) is 5.02 Å². The van der Waals surface area contributed by atoms with Crippen molar-refractivity contribution in [2.24, 2.45) is 22.5 Å². The molecule has 0 aliphatic carbocycles. The summed E-state index contributed by atoms with van der Waals surface area (Å²) in [5.74, 6) is 0.796. The number of nitrogens with zero attached hydrogens (tertiary/aromatic N) is 8. The molecule has 7 heterocycles. The van der Waals surface area contributed by atoms with Crippen molar-refractivity contribution in [2.75, 3.05) is 62.2 Å². The third-order valence-corrected chi connectivity index (χ3v) is 17.2. The Balaban J connectivity index is 0.859. The van der Waals surface area contributed by atoms with Gasteiger partial charge in [-0.25, -0.2) is 19.9 Å². The fraction of sp³-hybridized carbons (Fsp3) is 0.577. The SMILES string of the molecule is CC(=O)N[C@H](C(=O)N1C[C@H](O)C[C@H]1C(=O)NCc1ccc(-c2scnc2C)cc1OC1CCN(C(=O)C2CCN(c3nccc(Sc4cnc(N5CCC(C)(CN)CC5)c(CO)n4)c3Cl)CC2)CC1)C(C)(C)C. The lowest BCUT2D eigenvalue weighted by atomic mass is 9.80. The standard InChI is InChI=1S/C52H70ClN11O7S2/c1-31-44(72-30-58-31)34-7-8-35(25-57-48(68)39-24-36(67)27-64(39)50(70)45(51(3,4)5)59-32(2)66)40(23-34)71-37-12-19-63(20-13-37)49(69)33-10-17-61(18-11-33)47-43(53)41(9-16-55-47)73-42-26-56-46(38(28-65)60-42)62-21-14-52(6,29-54)15-22-62/h7-9,16,23,26,30,33,36-37,39,45,65,67H,10-15,17-22,24-25,27-29,54H2,1-6H3,(H,57,68)(H,59,66)/t36-,39+,45-/m1/s1. The number of aliphatic hydroxyl groups is 2. The Labute approximate surface area is 441 Å². The van der Waals surface area contributed by atoms with Crippen molar-refractivity contribution in [1.29, 1.82) is 0 Å². The van der Waals surface area contributed by atoms with Crippen molar-refractivity contribution in [2.45, 2.75) is 134 Å². The highest BCUT2D eigenvalue weighted by atomic mass is 35.5. The second-order valence-electron chi connectivity index (χ2n) is 21.3. The van der Waals surface area contributed by atoms with E-state index in [1.165, 1.54) is 34.9 Å². The summed E-state index contributed by atoms with van der Waals surface area (Å²) in [5.41, 5.74) is 10.4. The van der Waals surface area contributed by atoms with Gasteiger partial charge in [0.15, 0.2) is 5.82 Å². The zero-order chi connectivity index (χ0) is 52.2. The number of pyridine rings is 1. The van der Waals surface area contributed by atoms with Crippen LogP contribution in [0.4, 0.5) is 11.6 Å². The molecule has 394 valence electrons. The van der Waals surface area contributed by atoms with E-state index >= 15 is 0 Å². The van der Waals surface area contributed by atoms with Crippen LogP contribution >= 0.6 is 34.7 Å². The largest absolute Gasteiger partial charge is 0.490 e. The van der Waals surface area contributed by atoms with E-state index in [1.54, 1.807) is 17.9 Å². The first-order valence-electron chi connectivity index (χ1n) is 25.4. The lowest BCUT2D eigenvalue weighted by Crippen LogP contribution is -2.57. The number of likely N-dealkylation sites (tertiary alicyclic amines) is 2. The highest BCUT2D eigenvalue weighted by Gasteiger charge is 2.44. The molecule has 6 N–H and O–H groups in total. The number of nitrogens with one attached hydrogen (secondary N) is 2. The molecule has 4 aliphatic rings. The molecule has 8 rings (SSSR count). The molecular weight excluding hydrogens is 990 g/mol. The van der Waals surface area contributed by atoms with Gasteiger partial charge in [0.2, 0.25) is 23.6 Å². The van der Waals surface area contributed by atoms with Crippen molar-refractivity contribution in [3.63, 3.8) is 0 Å². The third-order valence-electron chi connectivity index (χ3n) is 14.8. The molecule has 1 aromatic carbocycles. The zero-order valence-corrected chi connectivity index (χ0v) is 45.1. The van der Waals surface area contributed by atoms with Crippen LogP contribution in [0, 0.1) is 23.7 Å². The predicted octanol–water partition coefficient (Wildman–Crippen LogP) is 5.58. The number of aromatic nitrogens is 4. The van der Waals surface area contributed by atoms with Gasteiger partial charge < -0.3 is 50.9 Å². The van der Waals surface area contributed by atoms with Gasteiger partial charge in [-0.2, -0.15) is 0 Å². The van der Waals surface area contributed by atoms with Gasteiger partial charge in [-0.3, -0.25) is 19.2 Å². The second-order valence-corrected chi connectivity index (χ2v) is 23.6. The molecule has 4 aromatic rings. The Bertz CT molecular complexity index is 2630. The van der Waals surface area contributed by atoms with Gasteiger partial charge in [-0.05, 0) is 67.7 Å². The van der Waals surface area contributed by atoms with E-state index in [4.69, 9.17) is 32.0 Å². The molecule has 4 saturated heterocycles. The van der Waals surface area contributed by atoms with Crippen LogP contribution in [0.25, 0.3) is 10.4 Å². The maximum absolute atomic E-state index is 14.0. The average molecular weight is 1060 g/mol. The van der Waals surface area contributed by atoms with Crippen LogP contribution < -0.4 is 30.9 Å². The molecule has 18 nitrogen and oxygen atoms in total. The molecule has 3 atom stereocenters. The number of nitrogens with two attached hydrogens (primary N) is 1. The molecule has 0 unspecified atom stereocenters. The summed E-state index contributed by atoms with van der Waals surface area (Å²) in [4.78, 5) is 81.8. The van der Waals surface area contributed by atoms with Gasteiger partial charge in [-0.1, -0.05) is 63.2 Å². The van der Waals surface area contributed by atoms with Crippen LogP contribution in [0.3, 0.4) is 0 Å². The first-order chi connectivity index (χ1) is 34.8. The van der Waals surface area contributed by atoms with Crippen molar-refractivity contribution < 1.29 is 34.1 Å². The number of hydrogen-bond acceptors (Lipinski definition) is 16. The molecule has 0 saturated carbocycles. The number of amides is 4. The van der Waals surface area contributed by atoms with E-state index in [0.29, 0.717) is 91.5 Å². The molecule has 4 amide bonds. The van der Waals surface area contributed by atoms with Crippen LogP contribution in [-0.2, 0) is 32.3 Å². The number of β-amino-alcohol motifs (C(OH)–C–C–N with tert-alkyl or cyclic N) is 1. The Morgan fingerprint density at radius 1 is 1.00 bits per heavy atom. The number of aryl methyl sites for hydroxylation is 1. The van der Waals surface area contributed by atoms with Crippen LogP contribution in [0.1, 0.15) is 96.5 Å². The molecule has 0 spiro atoms. The van der Waals surface area contributed by atoms with E-state index in [2.05, 4.69) is 37.3 Å². The first-order valence-corrected chi connectivity index (χ1v) is 27.4. The van der Waals surface area contributed by atoms with E-state index in [0.717, 1.165) is 52.5 Å². The summed E-state index contributed by atoms with van der Waals surface area (Å²) in [5, 5.41) is 27.8. The number of anilines is 2. The Morgan fingerprint density at radius 2 is 1.71 bits per heavy atom. The van der Waals surface area contributed by atoms with Crippen LogP contribution in [-0.4, -0.2) is 140 Å². The summed E-state index contributed by atoms with van der Waals surface area (Å²) < 4.78 is 6.75. The predicted molar refractivity (Wildman–Crippen MR) is 282 cm³/mol. The van der Waals surface area contributed by atoms with Gasteiger partial charge in [0.05, 0.1) is 40.0 Å². The molecule has 4 aliphatic heterocycles. The molecule has 73 heavy (non-hydrogen) atoms.